The molecular formula is C24H25N5O2. The van der Waals surface area contributed by atoms with Gasteiger partial charge in [0.15, 0.2) is 0 Å². The molecule has 0 spiro atoms. The molecule has 1 amide bonds. The lowest BCUT2D eigenvalue weighted by atomic mass is 10.0. The molecule has 1 saturated heterocycles. The number of hydrogen-bond donors (Lipinski definition) is 2. The molecule has 0 aromatic heterocycles. The van der Waals surface area contributed by atoms with E-state index in [0.29, 0.717) is 12.2 Å². The van der Waals surface area contributed by atoms with Crippen molar-refractivity contribution in [3.05, 3.63) is 78.4 Å². The Bertz CT molecular complexity index is 1030. The van der Waals surface area contributed by atoms with Crippen LogP contribution in [0.1, 0.15) is 12.0 Å². The summed E-state index contributed by atoms with van der Waals surface area (Å²) in [6, 6.07) is 17.4. The lowest BCUT2D eigenvalue weighted by Crippen LogP contribution is -2.56. The van der Waals surface area contributed by atoms with Crippen LogP contribution < -0.4 is 15.8 Å². The zero-order valence-corrected chi connectivity index (χ0v) is 17.1. The van der Waals surface area contributed by atoms with Crippen molar-refractivity contribution < 1.29 is 9.53 Å². The van der Waals surface area contributed by atoms with Crippen LogP contribution in [0.3, 0.4) is 0 Å². The highest BCUT2D eigenvalue weighted by atomic mass is 16.5. The summed E-state index contributed by atoms with van der Waals surface area (Å²) in [5, 5.41) is 3.40. The number of rotatable bonds is 7. The van der Waals surface area contributed by atoms with Gasteiger partial charge in [-0.3, -0.25) is 10.1 Å². The van der Waals surface area contributed by atoms with E-state index < -0.39 is 0 Å². The SMILES string of the molecule is C=CC(=O)N1CCC1CNC1N=CN=CC1=C(N)c1ccc(Oc2ccccc2)cc1. The number of ether oxygens (including phenoxy) is 1. The average Bonchev–Trinajstić information content (AvgIpc) is 2.79. The number of likely N-dealkylation sites (tertiary alicyclic amines) is 1. The number of carbonyl (C=O) groups excluding carboxylic acids is 1. The van der Waals surface area contributed by atoms with Crippen LogP contribution in [0.5, 0.6) is 11.5 Å². The zero-order valence-electron chi connectivity index (χ0n) is 17.1. The third-order valence-corrected chi connectivity index (χ3v) is 5.39. The predicted octanol–water partition coefficient (Wildman–Crippen LogP) is 2.96. The van der Waals surface area contributed by atoms with Gasteiger partial charge in [0.2, 0.25) is 5.91 Å². The summed E-state index contributed by atoms with van der Waals surface area (Å²) in [6.45, 7) is 4.94. The number of amides is 1. The van der Waals surface area contributed by atoms with Gasteiger partial charge in [-0.1, -0.05) is 24.8 Å². The van der Waals surface area contributed by atoms with Crippen LogP contribution in [-0.4, -0.2) is 48.7 Å². The largest absolute Gasteiger partial charge is 0.457 e. The number of benzene rings is 2. The van der Waals surface area contributed by atoms with E-state index in [0.717, 1.165) is 35.6 Å². The molecular weight excluding hydrogens is 390 g/mol. The summed E-state index contributed by atoms with van der Waals surface area (Å²) in [6.07, 6.45) is 5.22. The summed E-state index contributed by atoms with van der Waals surface area (Å²) in [4.78, 5) is 22.2. The van der Waals surface area contributed by atoms with E-state index in [4.69, 9.17) is 10.5 Å². The number of nitrogens with two attached hydrogens (primary N) is 1. The first kappa shape index (κ1) is 20.6. The standard InChI is InChI=1S/C24H25N5O2/c1-2-22(30)29-13-12-18(29)14-27-24-21(15-26-16-28-24)23(25)17-8-10-20(11-9-17)31-19-6-4-3-5-7-19/h2-11,15-16,18,24,27H,1,12-14,25H2. The van der Waals surface area contributed by atoms with Crippen LogP contribution in [0, 0.1) is 0 Å². The van der Waals surface area contributed by atoms with E-state index in [1.807, 2.05) is 54.6 Å². The Kier molecular flexibility index (Phi) is 6.24. The van der Waals surface area contributed by atoms with Crippen molar-refractivity contribution in [3.8, 4) is 11.5 Å². The lowest BCUT2D eigenvalue weighted by Gasteiger charge is -2.41. The second-order valence-corrected chi connectivity index (χ2v) is 7.34. The van der Waals surface area contributed by atoms with Crippen molar-refractivity contribution >= 4 is 24.2 Å². The maximum Gasteiger partial charge on any atom is 0.246 e. The molecule has 3 N–H and O–H groups in total. The molecule has 31 heavy (non-hydrogen) atoms. The minimum atomic E-state index is -0.320. The Morgan fingerprint density at radius 3 is 2.61 bits per heavy atom. The number of carbonyl (C=O) groups is 1. The van der Waals surface area contributed by atoms with Gasteiger partial charge in [-0.15, -0.1) is 0 Å². The van der Waals surface area contributed by atoms with Gasteiger partial charge in [0.1, 0.15) is 24.0 Å². The second-order valence-electron chi connectivity index (χ2n) is 7.34. The van der Waals surface area contributed by atoms with E-state index in [1.54, 1.807) is 11.1 Å². The predicted molar refractivity (Wildman–Crippen MR) is 123 cm³/mol. The summed E-state index contributed by atoms with van der Waals surface area (Å²) in [5.41, 5.74) is 8.71. The maximum atomic E-state index is 11.8. The second kappa shape index (κ2) is 9.40. The molecule has 7 heteroatoms. The van der Waals surface area contributed by atoms with E-state index in [9.17, 15) is 4.79 Å². The molecule has 2 aromatic rings. The first-order valence-corrected chi connectivity index (χ1v) is 10.2. The number of aliphatic imine (C=N–C) groups is 2. The summed E-state index contributed by atoms with van der Waals surface area (Å²) >= 11 is 0. The molecule has 0 saturated carbocycles. The highest BCUT2D eigenvalue weighted by Crippen LogP contribution is 2.24. The van der Waals surface area contributed by atoms with Gasteiger partial charge in [0.25, 0.3) is 0 Å². The van der Waals surface area contributed by atoms with Crippen LogP contribution in [0.15, 0.2) is 82.8 Å². The highest BCUT2D eigenvalue weighted by molar-refractivity contribution is 5.96. The molecule has 2 aliphatic rings. The molecule has 158 valence electrons. The van der Waals surface area contributed by atoms with Crippen molar-refractivity contribution in [1.29, 1.82) is 0 Å². The zero-order chi connectivity index (χ0) is 21.6. The van der Waals surface area contributed by atoms with Gasteiger partial charge in [-0.25, -0.2) is 9.98 Å². The molecule has 2 aromatic carbocycles. The highest BCUT2D eigenvalue weighted by Gasteiger charge is 2.31. The molecule has 0 aliphatic carbocycles. The first-order valence-electron chi connectivity index (χ1n) is 10.2. The normalized spacial score (nSPS) is 21.4. The van der Waals surface area contributed by atoms with E-state index in [1.165, 1.54) is 12.4 Å². The van der Waals surface area contributed by atoms with Crippen LogP contribution in [-0.2, 0) is 4.79 Å². The van der Waals surface area contributed by atoms with Gasteiger partial charge < -0.3 is 15.4 Å². The average molecular weight is 415 g/mol. The quantitative estimate of drug-likeness (QED) is 0.680. The number of nitrogens with zero attached hydrogens (tertiary/aromatic N) is 3. The van der Waals surface area contributed by atoms with Gasteiger partial charge >= 0.3 is 0 Å². The minimum Gasteiger partial charge on any atom is -0.457 e. The van der Waals surface area contributed by atoms with Crippen molar-refractivity contribution in [2.24, 2.45) is 15.7 Å². The van der Waals surface area contributed by atoms with Gasteiger partial charge in [-0.05, 0) is 54.5 Å². The molecule has 2 atom stereocenters. The topological polar surface area (TPSA) is 92.3 Å². The number of nitrogens with one attached hydrogen (secondary N) is 1. The van der Waals surface area contributed by atoms with Crippen LogP contribution in [0.4, 0.5) is 0 Å². The summed E-state index contributed by atoms with van der Waals surface area (Å²) < 4.78 is 5.84. The van der Waals surface area contributed by atoms with Crippen molar-refractivity contribution in [1.82, 2.24) is 10.2 Å². The molecule has 0 radical (unpaired) electrons. The van der Waals surface area contributed by atoms with Crippen LogP contribution in [0.2, 0.25) is 0 Å². The molecule has 4 rings (SSSR count). The lowest BCUT2D eigenvalue weighted by molar-refractivity contribution is -0.133. The maximum absolute atomic E-state index is 11.8. The van der Waals surface area contributed by atoms with Gasteiger partial charge in [0.05, 0.1) is 0 Å². The van der Waals surface area contributed by atoms with E-state index in [-0.39, 0.29) is 18.1 Å². The Hall–Kier alpha value is -3.71. The van der Waals surface area contributed by atoms with E-state index in [2.05, 4.69) is 21.9 Å². The van der Waals surface area contributed by atoms with Gasteiger partial charge in [0, 0.05) is 36.6 Å². The fourth-order valence-corrected chi connectivity index (χ4v) is 3.55. The monoisotopic (exact) mass is 415 g/mol. The minimum absolute atomic E-state index is 0.0418. The Morgan fingerprint density at radius 2 is 1.94 bits per heavy atom. The smallest absolute Gasteiger partial charge is 0.246 e. The van der Waals surface area contributed by atoms with Crippen LogP contribution >= 0.6 is 0 Å². The Morgan fingerprint density at radius 1 is 1.19 bits per heavy atom. The molecule has 2 unspecified atom stereocenters. The van der Waals surface area contributed by atoms with E-state index >= 15 is 0 Å². The summed E-state index contributed by atoms with van der Waals surface area (Å²) in [5.74, 6) is 1.47. The molecule has 0 bridgehead atoms. The Labute approximate surface area is 181 Å². The van der Waals surface area contributed by atoms with Crippen molar-refractivity contribution in [2.75, 3.05) is 13.1 Å². The number of para-hydroxylation sites is 1. The van der Waals surface area contributed by atoms with Crippen molar-refractivity contribution in [2.45, 2.75) is 18.6 Å². The fourth-order valence-electron chi connectivity index (χ4n) is 3.55. The fraction of sp³-hybridized carbons (Fsp3) is 0.208. The summed E-state index contributed by atoms with van der Waals surface area (Å²) in [7, 11) is 0. The third-order valence-electron chi connectivity index (χ3n) is 5.39. The van der Waals surface area contributed by atoms with Gasteiger partial charge in [-0.2, -0.15) is 0 Å². The van der Waals surface area contributed by atoms with Crippen molar-refractivity contribution in [3.63, 3.8) is 0 Å². The van der Waals surface area contributed by atoms with Crippen LogP contribution in [0.25, 0.3) is 5.70 Å². The molecule has 2 aliphatic heterocycles. The Balaban J connectivity index is 1.44. The molecule has 7 nitrogen and oxygen atoms in total. The first-order chi connectivity index (χ1) is 15.2. The third kappa shape index (κ3) is 4.73. The number of hydrogen-bond acceptors (Lipinski definition) is 6. The molecule has 2 heterocycles. The molecule has 1 fully saturated rings.